The van der Waals surface area contributed by atoms with Crippen molar-refractivity contribution in [2.24, 2.45) is 0 Å². The van der Waals surface area contributed by atoms with Gasteiger partial charge in [0.2, 0.25) is 0 Å². The Hall–Kier alpha value is -2.29. The van der Waals surface area contributed by atoms with Crippen LogP contribution in [0.5, 0.6) is 5.75 Å². The maximum atomic E-state index is 11.7. The van der Waals surface area contributed by atoms with Gasteiger partial charge in [-0.1, -0.05) is 36.4 Å². The van der Waals surface area contributed by atoms with E-state index in [9.17, 15) is 9.90 Å². The van der Waals surface area contributed by atoms with Crippen LogP contribution in [-0.2, 0) is 4.74 Å². The number of carbonyl (C=O) groups excluding carboxylic acids is 1. The summed E-state index contributed by atoms with van der Waals surface area (Å²) in [7, 11) is 1.29. The summed E-state index contributed by atoms with van der Waals surface area (Å²) in [6, 6.07) is 6.94. The first-order valence-corrected chi connectivity index (χ1v) is 5.48. The zero-order chi connectivity index (χ0) is 13.3. The molecule has 2 rings (SSSR count). The van der Waals surface area contributed by atoms with Crippen molar-refractivity contribution in [3.63, 3.8) is 0 Å². The van der Waals surface area contributed by atoms with Crippen LogP contribution in [0.3, 0.4) is 0 Å². The van der Waals surface area contributed by atoms with Crippen molar-refractivity contribution in [2.75, 3.05) is 7.11 Å². The van der Waals surface area contributed by atoms with Gasteiger partial charge in [0.1, 0.15) is 5.75 Å². The minimum atomic E-state index is -0.523. The molecule has 0 fully saturated rings. The number of rotatable bonds is 2. The molecule has 1 radical (unpaired) electrons. The third kappa shape index (κ3) is 1.84. The van der Waals surface area contributed by atoms with Crippen molar-refractivity contribution >= 4 is 22.8 Å². The van der Waals surface area contributed by atoms with Gasteiger partial charge in [-0.2, -0.15) is 0 Å². The van der Waals surface area contributed by atoms with Gasteiger partial charge in [-0.25, -0.2) is 4.79 Å². The second kappa shape index (κ2) is 4.53. The normalized spacial score (nSPS) is 10.3. The number of phenolic OH excluding ortho intramolecular Hbond substituents is 1. The first kappa shape index (κ1) is 12.2. The van der Waals surface area contributed by atoms with Crippen LogP contribution in [0, 0.1) is 13.5 Å². The molecule has 1 N–H and O–H groups in total. The van der Waals surface area contributed by atoms with Gasteiger partial charge in [-0.3, -0.25) is 0 Å². The van der Waals surface area contributed by atoms with Crippen molar-refractivity contribution in [3.05, 3.63) is 47.5 Å². The lowest BCUT2D eigenvalue weighted by Crippen LogP contribution is -2.04. The summed E-state index contributed by atoms with van der Waals surface area (Å²) in [6.45, 7) is 7.53. The summed E-state index contributed by atoms with van der Waals surface area (Å²) in [5.74, 6) is -0.485. The van der Waals surface area contributed by atoms with E-state index in [1.807, 2.05) is 19.1 Å². The summed E-state index contributed by atoms with van der Waals surface area (Å²) in [5.41, 5.74) is 1.85. The fourth-order valence-corrected chi connectivity index (χ4v) is 2.00. The highest BCUT2D eigenvalue weighted by Crippen LogP contribution is 2.32. The first-order valence-electron chi connectivity index (χ1n) is 5.48. The van der Waals surface area contributed by atoms with E-state index in [0.29, 0.717) is 10.9 Å². The molecule has 3 nitrogen and oxygen atoms in total. The topological polar surface area (TPSA) is 46.5 Å². The lowest BCUT2D eigenvalue weighted by molar-refractivity contribution is 0.0600. The Labute approximate surface area is 105 Å². The average Bonchev–Trinajstić information content (AvgIpc) is 2.37. The molecule has 0 aliphatic heterocycles. The number of phenols is 1. The van der Waals surface area contributed by atoms with E-state index in [-0.39, 0.29) is 11.3 Å². The molecular formula is C15H13O3. The van der Waals surface area contributed by atoms with Crippen molar-refractivity contribution in [1.82, 2.24) is 0 Å². The van der Waals surface area contributed by atoms with E-state index in [1.165, 1.54) is 19.3 Å². The van der Waals surface area contributed by atoms with Crippen molar-refractivity contribution in [3.8, 4) is 5.75 Å². The Balaban J connectivity index is 2.90. The Bertz CT molecular complexity index is 642. The molecule has 0 unspecified atom stereocenters. The average molecular weight is 241 g/mol. The zero-order valence-electron chi connectivity index (χ0n) is 10.2. The Kier molecular flexibility index (Phi) is 3.06. The van der Waals surface area contributed by atoms with Gasteiger partial charge >= 0.3 is 5.97 Å². The molecule has 18 heavy (non-hydrogen) atoms. The van der Waals surface area contributed by atoms with Crippen LogP contribution in [0.4, 0.5) is 0 Å². The summed E-state index contributed by atoms with van der Waals surface area (Å²) < 4.78 is 4.69. The Morgan fingerprint density at radius 1 is 1.33 bits per heavy atom. The van der Waals surface area contributed by atoms with E-state index in [4.69, 9.17) is 6.58 Å². The number of hydrogen-bond donors (Lipinski definition) is 1. The molecule has 2 aromatic rings. The molecule has 0 bridgehead atoms. The number of aromatic hydroxyl groups is 1. The van der Waals surface area contributed by atoms with E-state index in [0.717, 1.165) is 10.9 Å². The molecule has 0 spiro atoms. The van der Waals surface area contributed by atoms with Gasteiger partial charge in [0, 0.05) is 5.39 Å². The maximum Gasteiger partial charge on any atom is 0.338 e. The number of fused-ring (bicyclic) bond motifs is 1. The van der Waals surface area contributed by atoms with Crippen LogP contribution in [0.1, 0.15) is 21.5 Å². The number of aryl methyl sites for hydroxylation is 1. The van der Waals surface area contributed by atoms with Gasteiger partial charge in [0.25, 0.3) is 0 Å². The van der Waals surface area contributed by atoms with Crippen LogP contribution in [0.15, 0.2) is 24.3 Å². The number of carbonyl (C=O) groups is 1. The third-order valence-electron chi connectivity index (χ3n) is 2.88. The first-order chi connectivity index (χ1) is 8.58. The molecule has 0 saturated heterocycles. The second-order valence-corrected chi connectivity index (χ2v) is 4.06. The Morgan fingerprint density at radius 3 is 2.67 bits per heavy atom. The molecule has 3 heteroatoms. The lowest BCUT2D eigenvalue weighted by atomic mass is 9.96. The summed E-state index contributed by atoms with van der Waals surface area (Å²) in [4.78, 5) is 11.7. The third-order valence-corrected chi connectivity index (χ3v) is 2.88. The molecule has 0 amide bonds. The van der Waals surface area contributed by atoms with Crippen molar-refractivity contribution < 1.29 is 14.6 Å². The van der Waals surface area contributed by atoms with Crippen molar-refractivity contribution in [2.45, 2.75) is 6.92 Å². The fourth-order valence-electron chi connectivity index (χ4n) is 2.00. The maximum absolute atomic E-state index is 11.7. The molecule has 0 heterocycles. The van der Waals surface area contributed by atoms with E-state index >= 15 is 0 Å². The largest absolute Gasteiger partial charge is 0.507 e. The molecule has 0 saturated carbocycles. The summed E-state index contributed by atoms with van der Waals surface area (Å²) in [5, 5.41) is 11.3. The second-order valence-electron chi connectivity index (χ2n) is 4.06. The predicted molar refractivity (Wildman–Crippen MR) is 70.5 cm³/mol. The number of ether oxygens (including phenoxy) is 1. The molecule has 0 atom stereocenters. The fraction of sp³-hybridized carbons (Fsp3) is 0.133. The number of hydrogen-bond acceptors (Lipinski definition) is 3. The van der Waals surface area contributed by atoms with Crippen LogP contribution in [-0.4, -0.2) is 18.2 Å². The molecule has 0 aliphatic rings. The van der Waals surface area contributed by atoms with Gasteiger partial charge in [0.15, 0.2) is 0 Å². The highest BCUT2D eigenvalue weighted by Gasteiger charge is 2.16. The van der Waals surface area contributed by atoms with Crippen LogP contribution < -0.4 is 0 Å². The number of esters is 1. The number of benzene rings is 2. The standard InChI is InChI=1S/C15H13O3/c1-4-10-12-7-9(2)5-6-11(12)14(16)8-13(10)15(17)18-3/h1,4-8,16H,2-3H3. The van der Waals surface area contributed by atoms with Crippen LogP contribution in [0.2, 0.25) is 0 Å². The van der Waals surface area contributed by atoms with E-state index in [1.54, 1.807) is 6.07 Å². The van der Waals surface area contributed by atoms with Gasteiger partial charge in [0.05, 0.1) is 12.7 Å². The highest BCUT2D eigenvalue weighted by molar-refractivity contribution is 6.05. The van der Waals surface area contributed by atoms with Crippen LogP contribution in [0.25, 0.3) is 16.8 Å². The molecular weight excluding hydrogens is 228 g/mol. The predicted octanol–water partition coefficient (Wildman–Crippen LogP) is 3.09. The van der Waals surface area contributed by atoms with Gasteiger partial charge < -0.3 is 9.84 Å². The zero-order valence-corrected chi connectivity index (χ0v) is 10.2. The molecule has 91 valence electrons. The molecule has 2 aromatic carbocycles. The number of methoxy groups -OCH3 is 1. The SMILES string of the molecule is [CH]=Cc1c(C(=O)OC)cc(O)c2ccc(C)cc12. The summed E-state index contributed by atoms with van der Waals surface area (Å²) in [6.07, 6.45) is 1.35. The van der Waals surface area contributed by atoms with Crippen LogP contribution >= 0.6 is 0 Å². The minimum Gasteiger partial charge on any atom is -0.507 e. The minimum absolute atomic E-state index is 0.0380. The lowest BCUT2D eigenvalue weighted by Gasteiger charge is -2.10. The van der Waals surface area contributed by atoms with Gasteiger partial charge in [-0.15, -0.1) is 0 Å². The molecule has 0 aromatic heterocycles. The quantitative estimate of drug-likeness (QED) is 0.822. The summed E-state index contributed by atoms with van der Waals surface area (Å²) >= 11 is 0. The van der Waals surface area contributed by atoms with E-state index in [2.05, 4.69) is 4.74 Å². The van der Waals surface area contributed by atoms with Crippen molar-refractivity contribution in [1.29, 1.82) is 0 Å². The smallest absolute Gasteiger partial charge is 0.338 e. The van der Waals surface area contributed by atoms with Gasteiger partial charge in [-0.05, 0) is 23.9 Å². The Morgan fingerprint density at radius 2 is 2.06 bits per heavy atom. The van der Waals surface area contributed by atoms with E-state index < -0.39 is 5.97 Å². The monoisotopic (exact) mass is 241 g/mol. The molecule has 0 aliphatic carbocycles. The highest BCUT2D eigenvalue weighted by atomic mass is 16.5.